The molecule has 0 fully saturated rings. The third-order valence-electron chi connectivity index (χ3n) is 4.54. The molecule has 0 saturated heterocycles. The summed E-state index contributed by atoms with van der Waals surface area (Å²) >= 11 is 0. The number of nitrogen functional groups attached to an aromatic ring is 1. The zero-order valence-corrected chi connectivity index (χ0v) is 15.5. The van der Waals surface area contributed by atoms with Gasteiger partial charge in [0.15, 0.2) is 0 Å². The minimum absolute atomic E-state index is 0.0874. The predicted octanol–water partition coefficient (Wildman–Crippen LogP) is 3.91. The van der Waals surface area contributed by atoms with Gasteiger partial charge in [-0.25, -0.2) is 9.97 Å². The van der Waals surface area contributed by atoms with E-state index in [0.717, 1.165) is 27.9 Å². The summed E-state index contributed by atoms with van der Waals surface area (Å²) in [5, 5.41) is 0. The van der Waals surface area contributed by atoms with Crippen LogP contribution in [0.1, 0.15) is 11.1 Å². The van der Waals surface area contributed by atoms with Gasteiger partial charge in [0.05, 0.1) is 17.9 Å². The highest BCUT2D eigenvalue weighted by Gasteiger charge is 2.09. The Morgan fingerprint density at radius 3 is 2.25 bits per heavy atom. The van der Waals surface area contributed by atoms with E-state index in [0.29, 0.717) is 12.2 Å². The molecule has 4 aromatic rings. The highest BCUT2D eigenvalue weighted by atomic mass is 16.1. The molecule has 5 heteroatoms. The maximum absolute atomic E-state index is 12.6. The Bertz CT molecular complexity index is 1180. The molecule has 138 valence electrons. The fourth-order valence-electron chi connectivity index (χ4n) is 3.14. The van der Waals surface area contributed by atoms with Crippen LogP contribution in [0, 0.1) is 6.92 Å². The highest BCUT2D eigenvalue weighted by molar-refractivity contribution is 5.69. The topological polar surface area (TPSA) is 73.8 Å². The quantitative estimate of drug-likeness (QED) is 0.593. The normalized spacial score (nSPS) is 10.8. The van der Waals surface area contributed by atoms with Gasteiger partial charge in [0, 0.05) is 23.4 Å². The van der Waals surface area contributed by atoms with Crippen LogP contribution in [0.3, 0.4) is 0 Å². The summed E-state index contributed by atoms with van der Waals surface area (Å²) in [4.78, 5) is 21.3. The van der Waals surface area contributed by atoms with Crippen molar-refractivity contribution in [3.8, 4) is 22.5 Å². The van der Waals surface area contributed by atoms with E-state index in [1.807, 2.05) is 73.7 Å². The van der Waals surface area contributed by atoms with E-state index in [9.17, 15) is 4.79 Å². The molecule has 2 aromatic heterocycles. The van der Waals surface area contributed by atoms with Crippen molar-refractivity contribution in [1.82, 2.24) is 14.5 Å². The molecule has 0 amide bonds. The number of hydrogen-bond acceptors (Lipinski definition) is 4. The fraction of sp³-hybridized carbons (Fsp3) is 0.0870. The first-order chi connectivity index (χ1) is 13.6. The molecule has 5 nitrogen and oxygen atoms in total. The Kier molecular flexibility index (Phi) is 4.72. The van der Waals surface area contributed by atoms with E-state index >= 15 is 0 Å². The number of pyridine rings is 1. The number of benzene rings is 2. The Hall–Kier alpha value is -3.73. The van der Waals surface area contributed by atoms with Crippen molar-refractivity contribution in [2.24, 2.45) is 0 Å². The van der Waals surface area contributed by atoms with Gasteiger partial charge in [-0.3, -0.25) is 4.79 Å². The van der Waals surface area contributed by atoms with Crippen molar-refractivity contribution in [2.75, 3.05) is 5.73 Å². The van der Waals surface area contributed by atoms with Crippen molar-refractivity contribution in [1.29, 1.82) is 0 Å². The van der Waals surface area contributed by atoms with E-state index in [-0.39, 0.29) is 11.5 Å². The van der Waals surface area contributed by atoms with Crippen LogP contribution in [-0.4, -0.2) is 14.5 Å². The van der Waals surface area contributed by atoms with E-state index in [1.54, 1.807) is 16.8 Å². The standard InChI is InChI=1S/C23H20N4O/c1-16-6-5-9-18(12-16)20-14-21(26-23(24)25-20)19-10-11-27(22(28)13-19)15-17-7-3-2-4-8-17/h2-14H,15H2,1H3,(H2,24,25,26). The lowest BCUT2D eigenvalue weighted by atomic mass is 10.1. The van der Waals surface area contributed by atoms with Crippen molar-refractivity contribution in [2.45, 2.75) is 13.5 Å². The third kappa shape index (κ3) is 3.83. The lowest BCUT2D eigenvalue weighted by Gasteiger charge is -2.09. The molecule has 0 aliphatic carbocycles. The molecule has 28 heavy (non-hydrogen) atoms. The van der Waals surface area contributed by atoms with Gasteiger partial charge in [0.25, 0.3) is 5.56 Å². The first-order valence-electron chi connectivity index (χ1n) is 9.05. The maximum Gasteiger partial charge on any atom is 0.251 e. The zero-order chi connectivity index (χ0) is 19.5. The van der Waals surface area contributed by atoms with Gasteiger partial charge >= 0.3 is 0 Å². The molecule has 0 atom stereocenters. The number of aryl methyl sites for hydroxylation is 1. The van der Waals surface area contributed by atoms with Crippen LogP contribution in [0.4, 0.5) is 5.95 Å². The van der Waals surface area contributed by atoms with Gasteiger partial charge in [-0.15, -0.1) is 0 Å². The lowest BCUT2D eigenvalue weighted by Crippen LogP contribution is -2.19. The van der Waals surface area contributed by atoms with Crippen LogP contribution < -0.4 is 11.3 Å². The SMILES string of the molecule is Cc1cccc(-c2cc(-c3ccn(Cc4ccccc4)c(=O)c3)nc(N)n2)c1. The Morgan fingerprint density at radius 1 is 0.857 bits per heavy atom. The second kappa shape index (κ2) is 7.48. The second-order valence-corrected chi connectivity index (χ2v) is 6.73. The van der Waals surface area contributed by atoms with Crippen LogP contribution in [-0.2, 0) is 6.54 Å². The number of rotatable bonds is 4. The Labute approximate surface area is 163 Å². The van der Waals surface area contributed by atoms with E-state index in [1.165, 1.54) is 0 Å². The number of hydrogen-bond donors (Lipinski definition) is 1. The molecule has 4 rings (SSSR count). The molecule has 2 aromatic carbocycles. The van der Waals surface area contributed by atoms with Gasteiger partial charge in [-0.05, 0) is 30.7 Å². The summed E-state index contributed by atoms with van der Waals surface area (Å²) < 4.78 is 1.67. The molecule has 0 aliphatic rings. The zero-order valence-electron chi connectivity index (χ0n) is 15.5. The molecule has 0 bridgehead atoms. The molecule has 0 unspecified atom stereocenters. The first-order valence-corrected chi connectivity index (χ1v) is 9.05. The van der Waals surface area contributed by atoms with Crippen LogP contribution in [0.25, 0.3) is 22.5 Å². The Morgan fingerprint density at radius 2 is 1.57 bits per heavy atom. The minimum atomic E-state index is -0.0874. The summed E-state index contributed by atoms with van der Waals surface area (Å²) in [6.07, 6.45) is 1.79. The molecule has 2 N–H and O–H groups in total. The third-order valence-corrected chi connectivity index (χ3v) is 4.54. The number of nitrogens with two attached hydrogens (primary N) is 1. The summed E-state index contributed by atoms with van der Waals surface area (Å²) in [7, 11) is 0. The average molecular weight is 368 g/mol. The van der Waals surface area contributed by atoms with Crippen LogP contribution in [0.2, 0.25) is 0 Å². The van der Waals surface area contributed by atoms with Crippen LogP contribution >= 0.6 is 0 Å². The molecular formula is C23H20N4O. The molecule has 2 heterocycles. The highest BCUT2D eigenvalue weighted by Crippen LogP contribution is 2.24. The van der Waals surface area contributed by atoms with Crippen molar-refractivity contribution in [3.63, 3.8) is 0 Å². The van der Waals surface area contributed by atoms with Crippen molar-refractivity contribution in [3.05, 3.63) is 100 Å². The second-order valence-electron chi connectivity index (χ2n) is 6.73. The molecular weight excluding hydrogens is 348 g/mol. The molecule has 0 saturated carbocycles. The summed E-state index contributed by atoms with van der Waals surface area (Å²) in [6.45, 7) is 2.56. The van der Waals surface area contributed by atoms with Gasteiger partial charge in [-0.2, -0.15) is 0 Å². The summed E-state index contributed by atoms with van der Waals surface area (Å²) in [6, 6.07) is 23.3. The van der Waals surface area contributed by atoms with Crippen molar-refractivity contribution >= 4 is 5.95 Å². The average Bonchev–Trinajstić information content (AvgIpc) is 2.70. The van der Waals surface area contributed by atoms with Gasteiger partial charge in [-0.1, -0.05) is 54.1 Å². The number of aromatic nitrogens is 3. The number of anilines is 1. The minimum Gasteiger partial charge on any atom is -0.368 e. The summed E-state index contributed by atoms with van der Waals surface area (Å²) in [5.41, 5.74) is 11.1. The lowest BCUT2D eigenvalue weighted by molar-refractivity contribution is 0.760. The predicted molar refractivity (Wildman–Crippen MR) is 112 cm³/mol. The molecule has 0 radical (unpaired) electrons. The number of nitrogens with zero attached hydrogens (tertiary/aromatic N) is 3. The monoisotopic (exact) mass is 368 g/mol. The Balaban J connectivity index is 1.69. The van der Waals surface area contributed by atoms with Gasteiger partial charge < -0.3 is 10.3 Å². The molecule has 0 spiro atoms. The van der Waals surface area contributed by atoms with Gasteiger partial charge in [0.2, 0.25) is 5.95 Å². The summed E-state index contributed by atoms with van der Waals surface area (Å²) in [5.74, 6) is 0.183. The van der Waals surface area contributed by atoms with E-state index in [2.05, 4.69) is 9.97 Å². The van der Waals surface area contributed by atoms with Crippen LogP contribution in [0.15, 0.2) is 83.8 Å². The van der Waals surface area contributed by atoms with Crippen molar-refractivity contribution < 1.29 is 0 Å². The van der Waals surface area contributed by atoms with E-state index < -0.39 is 0 Å². The van der Waals surface area contributed by atoms with E-state index in [4.69, 9.17) is 5.73 Å². The first kappa shape index (κ1) is 17.7. The fourth-order valence-corrected chi connectivity index (χ4v) is 3.14. The largest absolute Gasteiger partial charge is 0.368 e. The maximum atomic E-state index is 12.6. The van der Waals surface area contributed by atoms with Crippen LogP contribution in [0.5, 0.6) is 0 Å². The van der Waals surface area contributed by atoms with Gasteiger partial charge in [0.1, 0.15) is 0 Å². The smallest absolute Gasteiger partial charge is 0.251 e. The molecule has 0 aliphatic heterocycles.